The minimum absolute atomic E-state index is 0.182. The molecule has 0 spiro atoms. The van der Waals surface area contributed by atoms with Crippen molar-refractivity contribution in [2.45, 2.75) is 26.3 Å². The Hall–Kier alpha value is -2.12. The number of H-pyrrole nitrogens is 1. The highest BCUT2D eigenvalue weighted by Gasteiger charge is 2.29. The van der Waals surface area contributed by atoms with Gasteiger partial charge in [-0.3, -0.25) is 9.89 Å². The number of hydrogen-bond acceptors (Lipinski definition) is 4. The molecule has 110 valence electrons. The Morgan fingerprint density at radius 3 is 2.90 bits per heavy atom. The number of hydrogen-bond donors (Lipinski definition) is 2. The maximum absolute atomic E-state index is 12.3. The summed E-state index contributed by atoms with van der Waals surface area (Å²) in [6.45, 7) is 2.96. The molecule has 0 aromatic carbocycles. The van der Waals surface area contributed by atoms with E-state index in [-0.39, 0.29) is 12.6 Å². The molecule has 20 heavy (non-hydrogen) atoms. The van der Waals surface area contributed by atoms with Crippen LogP contribution in [0.2, 0.25) is 0 Å². The van der Waals surface area contributed by atoms with Gasteiger partial charge < -0.3 is 14.9 Å². The van der Waals surface area contributed by atoms with Gasteiger partial charge in [-0.1, -0.05) is 0 Å². The van der Waals surface area contributed by atoms with E-state index < -0.39 is 11.9 Å². The molecule has 8 nitrogen and oxygen atoms in total. The second-order valence-electron chi connectivity index (χ2n) is 5.10. The molecule has 0 saturated carbocycles. The van der Waals surface area contributed by atoms with Gasteiger partial charge in [-0.05, 0) is 19.8 Å². The lowest BCUT2D eigenvalue weighted by Gasteiger charge is -2.33. The molecular formula is C12H19N5O3. The first-order chi connectivity index (χ1) is 9.47. The Bertz CT molecular complexity index is 501. The number of aliphatic carboxylic acids is 1. The number of aromatic amines is 1. The van der Waals surface area contributed by atoms with Gasteiger partial charge in [0.2, 0.25) is 0 Å². The number of likely N-dealkylation sites (tertiary alicyclic amines) is 1. The number of carbonyl (C=O) groups excluding carboxylic acids is 1. The summed E-state index contributed by atoms with van der Waals surface area (Å²) in [4.78, 5) is 30.5. The predicted molar refractivity (Wildman–Crippen MR) is 69.9 cm³/mol. The highest BCUT2D eigenvalue weighted by molar-refractivity contribution is 5.76. The standard InChI is InChI=1S/C12H19N5O3/c1-8-13-10(15-14-8)7-16(2)12(20)17-5-3-4-9(6-17)11(18)19/h9H,3-7H2,1-2H3,(H,18,19)(H,13,14,15)/t9-/m1/s1. The van der Waals surface area contributed by atoms with Crippen molar-refractivity contribution < 1.29 is 14.7 Å². The number of carboxylic acids is 1. The SMILES string of the molecule is Cc1nc(CN(C)C(=O)N2CCC[C@@H](C(=O)O)C2)n[nH]1. The number of piperidine rings is 1. The van der Waals surface area contributed by atoms with E-state index in [1.165, 1.54) is 4.90 Å². The molecule has 0 bridgehead atoms. The molecule has 1 aliphatic heterocycles. The van der Waals surface area contributed by atoms with Crippen molar-refractivity contribution in [3.63, 3.8) is 0 Å². The van der Waals surface area contributed by atoms with Crippen molar-refractivity contribution in [2.75, 3.05) is 20.1 Å². The van der Waals surface area contributed by atoms with Crippen molar-refractivity contribution in [3.05, 3.63) is 11.6 Å². The number of rotatable bonds is 3. The van der Waals surface area contributed by atoms with Gasteiger partial charge in [-0.25, -0.2) is 9.78 Å². The molecule has 2 heterocycles. The topological polar surface area (TPSA) is 102 Å². The second kappa shape index (κ2) is 5.89. The third kappa shape index (κ3) is 3.25. The number of aromatic nitrogens is 3. The van der Waals surface area contributed by atoms with E-state index in [4.69, 9.17) is 5.11 Å². The van der Waals surface area contributed by atoms with Crippen LogP contribution < -0.4 is 0 Å². The van der Waals surface area contributed by atoms with Crippen molar-refractivity contribution in [1.29, 1.82) is 0 Å². The van der Waals surface area contributed by atoms with Crippen LogP contribution in [-0.4, -0.2) is 62.2 Å². The number of urea groups is 1. The number of nitrogens with zero attached hydrogens (tertiary/aromatic N) is 4. The summed E-state index contributed by atoms with van der Waals surface area (Å²) >= 11 is 0. The molecule has 2 amide bonds. The van der Waals surface area contributed by atoms with Crippen molar-refractivity contribution in [2.24, 2.45) is 5.92 Å². The molecule has 1 saturated heterocycles. The molecule has 0 radical (unpaired) electrons. The number of amides is 2. The normalized spacial score (nSPS) is 18.9. The van der Waals surface area contributed by atoms with E-state index in [9.17, 15) is 9.59 Å². The lowest BCUT2D eigenvalue weighted by atomic mass is 9.99. The first kappa shape index (κ1) is 14.3. The van der Waals surface area contributed by atoms with Crippen molar-refractivity contribution in [1.82, 2.24) is 25.0 Å². The Labute approximate surface area is 116 Å². The number of carbonyl (C=O) groups is 2. The molecule has 1 atom stereocenters. The average molecular weight is 281 g/mol. The van der Waals surface area contributed by atoms with Gasteiger partial charge in [0.05, 0.1) is 12.5 Å². The van der Waals surface area contributed by atoms with Gasteiger partial charge in [0, 0.05) is 20.1 Å². The van der Waals surface area contributed by atoms with Gasteiger partial charge in [0.25, 0.3) is 0 Å². The highest BCUT2D eigenvalue weighted by Crippen LogP contribution is 2.18. The fourth-order valence-corrected chi connectivity index (χ4v) is 2.33. The van der Waals surface area contributed by atoms with Crippen LogP contribution in [0.5, 0.6) is 0 Å². The molecule has 1 fully saturated rings. The fourth-order valence-electron chi connectivity index (χ4n) is 2.33. The summed E-state index contributed by atoms with van der Waals surface area (Å²) in [6.07, 6.45) is 1.35. The Morgan fingerprint density at radius 1 is 1.55 bits per heavy atom. The Morgan fingerprint density at radius 2 is 2.30 bits per heavy atom. The van der Waals surface area contributed by atoms with Crippen LogP contribution in [0.3, 0.4) is 0 Å². The average Bonchev–Trinajstić information content (AvgIpc) is 2.83. The van der Waals surface area contributed by atoms with Crippen LogP contribution in [0.1, 0.15) is 24.5 Å². The first-order valence-corrected chi connectivity index (χ1v) is 6.58. The van der Waals surface area contributed by atoms with Gasteiger partial charge in [-0.2, -0.15) is 5.10 Å². The largest absolute Gasteiger partial charge is 0.481 e. The molecule has 1 aromatic heterocycles. The van der Waals surface area contributed by atoms with E-state index >= 15 is 0 Å². The van der Waals surface area contributed by atoms with E-state index in [2.05, 4.69) is 15.2 Å². The molecule has 0 unspecified atom stereocenters. The molecule has 0 aliphatic carbocycles. The third-order valence-corrected chi connectivity index (χ3v) is 3.39. The predicted octanol–water partition coefficient (Wildman–Crippen LogP) is 0.462. The molecule has 1 aromatic rings. The zero-order chi connectivity index (χ0) is 14.7. The summed E-state index contributed by atoms with van der Waals surface area (Å²) in [5.74, 6) is -0.0588. The van der Waals surface area contributed by atoms with Crippen LogP contribution in [0, 0.1) is 12.8 Å². The summed E-state index contributed by atoms with van der Waals surface area (Å²) in [5.41, 5.74) is 0. The summed E-state index contributed by atoms with van der Waals surface area (Å²) in [6, 6.07) is -0.182. The minimum Gasteiger partial charge on any atom is -0.481 e. The smallest absolute Gasteiger partial charge is 0.320 e. The monoisotopic (exact) mass is 281 g/mol. The Kier molecular flexibility index (Phi) is 4.21. The zero-order valence-electron chi connectivity index (χ0n) is 11.7. The minimum atomic E-state index is -0.838. The number of carboxylic acid groups (broad SMARTS) is 1. The van der Waals surface area contributed by atoms with E-state index in [1.807, 2.05) is 0 Å². The summed E-state index contributed by atoms with van der Waals surface area (Å²) < 4.78 is 0. The van der Waals surface area contributed by atoms with Gasteiger partial charge in [-0.15, -0.1) is 0 Å². The highest BCUT2D eigenvalue weighted by atomic mass is 16.4. The van der Waals surface area contributed by atoms with Crippen molar-refractivity contribution >= 4 is 12.0 Å². The van der Waals surface area contributed by atoms with Crippen LogP contribution >= 0.6 is 0 Å². The maximum Gasteiger partial charge on any atom is 0.320 e. The number of aryl methyl sites for hydroxylation is 1. The van der Waals surface area contributed by atoms with E-state index in [0.29, 0.717) is 31.2 Å². The zero-order valence-corrected chi connectivity index (χ0v) is 11.7. The quantitative estimate of drug-likeness (QED) is 0.838. The first-order valence-electron chi connectivity index (χ1n) is 6.58. The van der Waals surface area contributed by atoms with Crippen molar-refractivity contribution in [3.8, 4) is 0 Å². The van der Waals surface area contributed by atoms with Gasteiger partial charge in [0.1, 0.15) is 5.82 Å². The lowest BCUT2D eigenvalue weighted by Crippen LogP contribution is -2.47. The Balaban J connectivity index is 1.94. The van der Waals surface area contributed by atoms with Gasteiger partial charge in [0.15, 0.2) is 5.82 Å². The maximum atomic E-state index is 12.3. The summed E-state index contributed by atoms with van der Waals surface area (Å²) in [7, 11) is 1.67. The van der Waals surface area contributed by atoms with Crippen LogP contribution in [0.4, 0.5) is 4.79 Å². The summed E-state index contributed by atoms with van der Waals surface area (Å²) in [5, 5.41) is 15.7. The van der Waals surface area contributed by atoms with E-state index in [0.717, 1.165) is 6.42 Å². The molecule has 1 aliphatic rings. The number of nitrogens with one attached hydrogen (secondary N) is 1. The van der Waals surface area contributed by atoms with Gasteiger partial charge >= 0.3 is 12.0 Å². The van der Waals surface area contributed by atoms with Crippen LogP contribution in [-0.2, 0) is 11.3 Å². The van der Waals surface area contributed by atoms with Crippen LogP contribution in [0.25, 0.3) is 0 Å². The lowest BCUT2D eigenvalue weighted by molar-refractivity contribution is -0.143. The third-order valence-electron chi connectivity index (χ3n) is 3.39. The van der Waals surface area contributed by atoms with E-state index in [1.54, 1.807) is 18.9 Å². The molecule has 2 rings (SSSR count). The molecule has 8 heteroatoms. The second-order valence-corrected chi connectivity index (χ2v) is 5.10. The molecular weight excluding hydrogens is 262 g/mol. The fraction of sp³-hybridized carbons (Fsp3) is 0.667. The molecule has 2 N–H and O–H groups in total. The van der Waals surface area contributed by atoms with Crippen LogP contribution in [0.15, 0.2) is 0 Å².